The Bertz CT molecular complexity index is 778. The summed E-state index contributed by atoms with van der Waals surface area (Å²) in [6, 6.07) is 3.51. The first-order valence-corrected chi connectivity index (χ1v) is 7.37. The Morgan fingerprint density at radius 3 is 2.73 bits per heavy atom. The molecule has 2 rings (SSSR count). The number of hydrogen-bond acceptors (Lipinski definition) is 5. The standard InChI is InChI=1S/C15H16ClN5O/c1-3-10-11(15(22)21-20-13(10)4-2)8-19-14-12(16)5-9(6-17)7-18-14/h5,7H,3-4,8H2,1-2H3,(H,18,19)(H,21,22). The zero-order valence-corrected chi connectivity index (χ0v) is 13.2. The Morgan fingerprint density at radius 2 is 2.14 bits per heavy atom. The SMILES string of the molecule is CCc1n[nH]c(=O)c(CNc2ncc(C#N)cc2Cl)c1CC. The van der Waals surface area contributed by atoms with Gasteiger partial charge >= 0.3 is 0 Å². The molecule has 22 heavy (non-hydrogen) atoms. The number of nitrogens with one attached hydrogen (secondary N) is 2. The van der Waals surface area contributed by atoms with E-state index in [-0.39, 0.29) is 5.56 Å². The van der Waals surface area contributed by atoms with Crippen LogP contribution in [0.3, 0.4) is 0 Å². The van der Waals surface area contributed by atoms with E-state index in [0.29, 0.717) is 28.5 Å². The van der Waals surface area contributed by atoms with Crippen LogP contribution in [0, 0.1) is 11.3 Å². The fraction of sp³-hybridized carbons (Fsp3) is 0.333. The van der Waals surface area contributed by atoms with Crippen LogP contribution >= 0.6 is 11.6 Å². The Labute approximate surface area is 133 Å². The smallest absolute Gasteiger partial charge is 0.269 e. The van der Waals surface area contributed by atoms with Crippen LogP contribution < -0.4 is 10.9 Å². The number of rotatable bonds is 5. The Morgan fingerprint density at radius 1 is 1.36 bits per heavy atom. The van der Waals surface area contributed by atoms with Crippen molar-refractivity contribution in [1.29, 1.82) is 5.26 Å². The molecule has 0 saturated heterocycles. The van der Waals surface area contributed by atoms with Crippen LogP contribution in [0.4, 0.5) is 5.82 Å². The highest BCUT2D eigenvalue weighted by Gasteiger charge is 2.12. The lowest BCUT2D eigenvalue weighted by Crippen LogP contribution is -2.22. The van der Waals surface area contributed by atoms with Gasteiger partial charge in [-0.1, -0.05) is 25.4 Å². The van der Waals surface area contributed by atoms with E-state index in [4.69, 9.17) is 16.9 Å². The van der Waals surface area contributed by atoms with Gasteiger partial charge in [-0.15, -0.1) is 0 Å². The lowest BCUT2D eigenvalue weighted by molar-refractivity contribution is 0.826. The Kier molecular flexibility index (Phi) is 5.12. The number of nitriles is 1. The van der Waals surface area contributed by atoms with Gasteiger partial charge in [0.1, 0.15) is 11.9 Å². The van der Waals surface area contributed by atoms with E-state index in [2.05, 4.69) is 20.5 Å². The average molecular weight is 318 g/mol. The van der Waals surface area contributed by atoms with Crippen LogP contribution in [0.25, 0.3) is 0 Å². The van der Waals surface area contributed by atoms with Gasteiger partial charge in [0.25, 0.3) is 5.56 Å². The highest BCUT2D eigenvalue weighted by atomic mass is 35.5. The summed E-state index contributed by atoms with van der Waals surface area (Å²) in [4.78, 5) is 16.1. The van der Waals surface area contributed by atoms with Crippen molar-refractivity contribution in [2.45, 2.75) is 33.2 Å². The van der Waals surface area contributed by atoms with Crippen LogP contribution in [0.1, 0.15) is 36.2 Å². The highest BCUT2D eigenvalue weighted by Crippen LogP contribution is 2.21. The average Bonchev–Trinajstić information content (AvgIpc) is 2.54. The number of halogens is 1. The molecule has 0 spiro atoms. The summed E-state index contributed by atoms with van der Waals surface area (Å²) in [5, 5.41) is 18.8. The molecule has 6 nitrogen and oxygen atoms in total. The van der Waals surface area contributed by atoms with Crippen molar-refractivity contribution in [1.82, 2.24) is 15.2 Å². The van der Waals surface area contributed by atoms with E-state index in [1.807, 2.05) is 19.9 Å². The van der Waals surface area contributed by atoms with Gasteiger partial charge in [-0.2, -0.15) is 10.4 Å². The molecular formula is C15H16ClN5O. The van der Waals surface area contributed by atoms with E-state index < -0.39 is 0 Å². The third-order valence-corrected chi connectivity index (χ3v) is 3.66. The lowest BCUT2D eigenvalue weighted by atomic mass is 10.0. The molecule has 2 N–H and O–H groups in total. The van der Waals surface area contributed by atoms with Crippen molar-refractivity contribution < 1.29 is 0 Å². The monoisotopic (exact) mass is 317 g/mol. The molecule has 0 bridgehead atoms. The maximum absolute atomic E-state index is 12.0. The predicted molar refractivity (Wildman–Crippen MR) is 84.9 cm³/mol. The van der Waals surface area contributed by atoms with Gasteiger partial charge in [0.2, 0.25) is 0 Å². The van der Waals surface area contributed by atoms with Crippen molar-refractivity contribution in [3.8, 4) is 6.07 Å². The second-order valence-corrected chi connectivity index (χ2v) is 5.09. The van der Waals surface area contributed by atoms with Crippen molar-refractivity contribution >= 4 is 17.4 Å². The third-order valence-electron chi connectivity index (χ3n) is 3.37. The van der Waals surface area contributed by atoms with Crippen molar-refractivity contribution in [2.75, 3.05) is 5.32 Å². The lowest BCUT2D eigenvalue weighted by Gasteiger charge is -2.12. The molecule has 2 aromatic heterocycles. The molecule has 2 aromatic rings. The number of aryl methyl sites for hydroxylation is 1. The van der Waals surface area contributed by atoms with E-state index in [9.17, 15) is 4.79 Å². The van der Waals surface area contributed by atoms with Crippen LogP contribution in [-0.2, 0) is 19.4 Å². The Hall–Kier alpha value is -2.39. The molecule has 0 atom stereocenters. The molecule has 0 unspecified atom stereocenters. The molecule has 0 radical (unpaired) electrons. The summed E-state index contributed by atoms with van der Waals surface area (Å²) < 4.78 is 0. The molecule has 0 saturated carbocycles. The van der Waals surface area contributed by atoms with Gasteiger partial charge in [-0.3, -0.25) is 4.79 Å². The second-order valence-electron chi connectivity index (χ2n) is 4.68. The highest BCUT2D eigenvalue weighted by molar-refractivity contribution is 6.33. The minimum atomic E-state index is -0.216. The van der Waals surface area contributed by atoms with Crippen LogP contribution in [0.5, 0.6) is 0 Å². The summed E-state index contributed by atoms with van der Waals surface area (Å²) in [5.41, 5.74) is 2.64. The van der Waals surface area contributed by atoms with E-state index in [0.717, 1.165) is 24.1 Å². The van der Waals surface area contributed by atoms with E-state index in [1.54, 1.807) is 0 Å². The summed E-state index contributed by atoms with van der Waals surface area (Å²) in [7, 11) is 0. The number of aromatic nitrogens is 3. The fourth-order valence-corrected chi connectivity index (χ4v) is 2.50. The molecule has 0 aliphatic rings. The first kappa shape index (κ1) is 16.0. The molecule has 0 aromatic carbocycles. The maximum Gasteiger partial charge on any atom is 0.269 e. The molecule has 0 aliphatic carbocycles. The molecule has 0 amide bonds. The van der Waals surface area contributed by atoms with Gasteiger partial charge in [-0.05, 0) is 24.5 Å². The number of aromatic amines is 1. The maximum atomic E-state index is 12.0. The first-order chi connectivity index (χ1) is 10.6. The van der Waals surface area contributed by atoms with Gasteiger partial charge in [0, 0.05) is 18.3 Å². The summed E-state index contributed by atoms with van der Waals surface area (Å²) >= 11 is 6.07. The predicted octanol–water partition coefficient (Wildman–Crippen LogP) is 2.43. The van der Waals surface area contributed by atoms with Gasteiger partial charge in [0.05, 0.1) is 16.3 Å². The van der Waals surface area contributed by atoms with Crippen molar-refractivity contribution in [3.05, 3.63) is 50.0 Å². The zero-order valence-electron chi connectivity index (χ0n) is 12.4. The van der Waals surface area contributed by atoms with Gasteiger partial charge in [-0.25, -0.2) is 10.1 Å². The molecule has 0 fully saturated rings. The Balaban J connectivity index is 2.29. The minimum absolute atomic E-state index is 0.216. The normalized spacial score (nSPS) is 10.3. The van der Waals surface area contributed by atoms with Crippen molar-refractivity contribution in [3.63, 3.8) is 0 Å². The molecule has 7 heteroatoms. The second kappa shape index (κ2) is 7.05. The molecule has 0 aliphatic heterocycles. The van der Waals surface area contributed by atoms with Crippen molar-refractivity contribution in [2.24, 2.45) is 0 Å². The molecule has 114 valence electrons. The number of anilines is 1. The fourth-order valence-electron chi connectivity index (χ4n) is 2.26. The number of nitrogens with zero attached hydrogens (tertiary/aromatic N) is 3. The largest absolute Gasteiger partial charge is 0.365 e. The van der Waals surface area contributed by atoms with Gasteiger partial charge < -0.3 is 5.32 Å². The molecule has 2 heterocycles. The number of hydrogen-bond donors (Lipinski definition) is 2. The van der Waals surface area contributed by atoms with E-state index in [1.165, 1.54) is 12.3 Å². The molecular weight excluding hydrogens is 302 g/mol. The topological polar surface area (TPSA) is 94.5 Å². The van der Waals surface area contributed by atoms with Crippen LogP contribution in [0.15, 0.2) is 17.1 Å². The zero-order chi connectivity index (χ0) is 16.1. The number of H-pyrrole nitrogens is 1. The third kappa shape index (κ3) is 3.26. The van der Waals surface area contributed by atoms with Crippen LogP contribution in [0.2, 0.25) is 5.02 Å². The quantitative estimate of drug-likeness (QED) is 0.883. The first-order valence-electron chi connectivity index (χ1n) is 6.99. The number of pyridine rings is 1. The van der Waals surface area contributed by atoms with Gasteiger partial charge in [0.15, 0.2) is 0 Å². The minimum Gasteiger partial charge on any atom is -0.365 e. The summed E-state index contributed by atoms with van der Waals surface area (Å²) in [5.74, 6) is 0.442. The van der Waals surface area contributed by atoms with Crippen LogP contribution in [-0.4, -0.2) is 15.2 Å². The van der Waals surface area contributed by atoms with E-state index >= 15 is 0 Å². The summed E-state index contributed by atoms with van der Waals surface area (Å²) in [6.45, 7) is 4.29. The summed E-state index contributed by atoms with van der Waals surface area (Å²) in [6.07, 6.45) is 2.91.